The fourth-order valence-electron chi connectivity index (χ4n) is 1.81. The molecule has 0 saturated heterocycles. The highest BCUT2D eigenvalue weighted by atomic mass is 16.5. The molecule has 2 heterocycles. The van der Waals surface area contributed by atoms with Crippen molar-refractivity contribution in [2.75, 3.05) is 6.61 Å². The molecule has 0 aromatic carbocycles. The maximum absolute atomic E-state index is 5.85. The van der Waals surface area contributed by atoms with Crippen LogP contribution in [0.5, 0.6) is 5.75 Å². The third-order valence-corrected chi connectivity index (χ3v) is 2.90. The number of nitrogens with zero attached hydrogens (tertiary/aromatic N) is 2. The number of hydrogen-bond donors (Lipinski definition) is 1. The normalized spacial score (nSPS) is 10.8. The third-order valence-electron chi connectivity index (χ3n) is 2.90. The quantitative estimate of drug-likeness (QED) is 0.841. The predicted octanol–water partition coefficient (Wildman–Crippen LogP) is 2.60. The Bertz CT molecular complexity index is 514. The number of ether oxygens (including phenoxy) is 1. The zero-order valence-corrected chi connectivity index (χ0v) is 12.0. The fraction of sp³-hybridized carbons (Fsp3) is 0.375. The number of nitrogens with one attached hydrogen (secondary N) is 1. The Balaban J connectivity index is 1.89. The molecule has 0 fully saturated rings. The molecule has 0 bridgehead atoms. The van der Waals surface area contributed by atoms with Crippen LogP contribution in [0.1, 0.15) is 25.1 Å². The Morgan fingerprint density at radius 3 is 2.85 bits per heavy atom. The van der Waals surface area contributed by atoms with Gasteiger partial charge in [-0.2, -0.15) is 0 Å². The van der Waals surface area contributed by atoms with Crippen molar-refractivity contribution in [1.29, 1.82) is 0 Å². The van der Waals surface area contributed by atoms with Gasteiger partial charge in [0.25, 0.3) is 0 Å². The van der Waals surface area contributed by atoms with Crippen LogP contribution in [-0.4, -0.2) is 22.6 Å². The molecule has 0 aliphatic rings. The smallest absolute Gasteiger partial charge is 0.126 e. The van der Waals surface area contributed by atoms with Crippen LogP contribution < -0.4 is 10.1 Å². The van der Waals surface area contributed by atoms with Gasteiger partial charge in [-0.3, -0.25) is 9.97 Å². The fourth-order valence-corrected chi connectivity index (χ4v) is 1.81. The average molecular weight is 271 g/mol. The van der Waals surface area contributed by atoms with Crippen molar-refractivity contribution in [3.63, 3.8) is 0 Å². The van der Waals surface area contributed by atoms with Crippen LogP contribution in [0, 0.1) is 0 Å². The van der Waals surface area contributed by atoms with Crippen molar-refractivity contribution in [2.24, 2.45) is 0 Å². The molecule has 106 valence electrons. The van der Waals surface area contributed by atoms with Crippen LogP contribution in [0.3, 0.4) is 0 Å². The maximum atomic E-state index is 5.85. The molecule has 0 spiro atoms. The molecule has 0 aliphatic carbocycles. The minimum absolute atomic E-state index is 0.441. The number of pyridine rings is 2. The van der Waals surface area contributed by atoms with Gasteiger partial charge in [0.15, 0.2) is 0 Å². The molecule has 2 rings (SSSR count). The maximum Gasteiger partial charge on any atom is 0.126 e. The monoisotopic (exact) mass is 271 g/mol. The number of rotatable bonds is 7. The van der Waals surface area contributed by atoms with Crippen LogP contribution in [-0.2, 0) is 13.0 Å². The molecular weight excluding hydrogens is 250 g/mol. The molecule has 0 radical (unpaired) electrons. The highest BCUT2D eigenvalue weighted by Gasteiger charge is 2.04. The molecular formula is C16H21N3O. The van der Waals surface area contributed by atoms with Gasteiger partial charge in [0, 0.05) is 48.9 Å². The predicted molar refractivity (Wildman–Crippen MR) is 79.6 cm³/mol. The summed E-state index contributed by atoms with van der Waals surface area (Å²) < 4.78 is 5.85. The van der Waals surface area contributed by atoms with E-state index in [9.17, 15) is 0 Å². The van der Waals surface area contributed by atoms with Gasteiger partial charge in [-0.15, -0.1) is 0 Å². The first-order valence-electron chi connectivity index (χ1n) is 6.94. The van der Waals surface area contributed by atoms with Gasteiger partial charge in [-0.05, 0) is 18.2 Å². The summed E-state index contributed by atoms with van der Waals surface area (Å²) in [6.07, 6.45) is 6.22. The van der Waals surface area contributed by atoms with E-state index in [2.05, 4.69) is 29.1 Å². The summed E-state index contributed by atoms with van der Waals surface area (Å²) in [6.45, 7) is 5.63. The lowest BCUT2D eigenvalue weighted by atomic mass is 10.2. The van der Waals surface area contributed by atoms with Crippen molar-refractivity contribution >= 4 is 0 Å². The molecule has 0 atom stereocenters. The Labute approximate surface area is 120 Å². The second-order valence-corrected chi connectivity index (χ2v) is 4.94. The summed E-state index contributed by atoms with van der Waals surface area (Å²) in [5, 5.41) is 3.38. The van der Waals surface area contributed by atoms with E-state index in [4.69, 9.17) is 4.74 Å². The number of aromatic nitrogens is 2. The van der Waals surface area contributed by atoms with E-state index in [1.54, 1.807) is 12.4 Å². The second kappa shape index (κ2) is 7.60. The van der Waals surface area contributed by atoms with Gasteiger partial charge in [0.1, 0.15) is 5.75 Å². The average Bonchev–Trinajstić information content (AvgIpc) is 2.47. The largest absolute Gasteiger partial charge is 0.493 e. The van der Waals surface area contributed by atoms with Crippen LogP contribution in [0.4, 0.5) is 0 Å². The lowest BCUT2D eigenvalue weighted by molar-refractivity contribution is 0.315. The van der Waals surface area contributed by atoms with E-state index >= 15 is 0 Å². The van der Waals surface area contributed by atoms with Crippen molar-refractivity contribution < 1.29 is 4.74 Å². The highest BCUT2D eigenvalue weighted by molar-refractivity contribution is 5.30. The molecule has 0 unspecified atom stereocenters. The summed E-state index contributed by atoms with van der Waals surface area (Å²) in [7, 11) is 0. The molecule has 2 aromatic rings. The van der Waals surface area contributed by atoms with Crippen LogP contribution >= 0.6 is 0 Å². The molecule has 0 saturated carbocycles. The zero-order chi connectivity index (χ0) is 14.2. The van der Waals surface area contributed by atoms with Crippen molar-refractivity contribution in [2.45, 2.75) is 32.9 Å². The minimum Gasteiger partial charge on any atom is -0.493 e. The first-order valence-corrected chi connectivity index (χ1v) is 6.94. The Morgan fingerprint density at radius 2 is 2.10 bits per heavy atom. The summed E-state index contributed by atoms with van der Waals surface area (Å²) in [5.74, 6) is 0.893. The molecule has 0 aliphatic heterocycles. The minimum atomic E-state index is 0.441. The van der Waals surface area contributed by atoms with Crippen LogP contribution in [0.25, 0.3) is 0 Å². The topological polar surface area (TPSA) is 47.0 Å². The molecule has 2 aromatic heterocycles. The van der Waals surface area contributed by atoms with Gasteiger partial charge in [0.2, 0.25) is 0 Å². The van der Waals surface area contributed by atoms with Gasteiger partial charge in [-0.1, -0.05) is 19.9 Å². The third kappa shape index (κ3) is 4.63. The first kappa shape index (κ1) is 14.5. The highest BCUT2D eigenvalue weighted by Crippen LogP contribution is 2.16. The van der Waals surface area contributed by atoms with Crippen molar-refractivity contribution in [1.82, 2.24) is 15.3 Å². The molecule has 1 N–H and O–H groups in total. The van der Waals surface area contributed by atoms with E-state index < -0.39 is 0 Å². The van der Waals surface area contributed by atoms with Crippen LogP contribution in [0.2, 0.25) is 0 Å². The molecule has 20 heavy (non-hydrogen) atoms. The van der Waals surface area contributed by atoms with Crippen molar-refractivity contribution in [3.05, 3.63) is 54.1 Å². The summed E-state index contributed by atoms with van der Waals surface area (Å²) >= 11 is 0. The second-order valence-electron chi connectivity index (χ2n) is 4.94. The van der Waals surface area contributed by atoms with E-state index in [0.29, 0.717) is 12.6 Å². The summed E-state index contributed by atoms with van der Waals surface area (Å²) in [6, 6.07) is 8.28. The van der Waals surface area contributed by atoms with E-state index in [1.807, 2.05) is 30.5 Å². The number of hydrogen-bond acceptors (Lipinski definition) is 4. The molecule has 4 nitrogen and oxygen atoms in total. The van der Waals surface area contributed by atoms with Crippen molar-refractivity contribution in [3.8, 4) is 5.75 Å². The Kier molecular flexibility index (Phi) is 5.50. The first-order chi connectivity index (χ1) is 9.75. The summed E-state index contributed by atoms with van der Waals surface area (Å²) in [5.41, 5.74) is 2.13. The zero-order valence-electron chi connectivity index (χ0n) is 12.0. The SMILES string of the molecule is CC(C)NCc1cnccc1OCCc1ccccn1. The Hall–Kier alpha value is -1.94. The lowest BCUT2D eigenvalue weighted by Gasteiger charge is -2.13. The summed E-state index contributed by atoms with van der Waals surface area (Å²) in [4.78, 5) is 8.44. The van der Waals surface area contributed by atoms with Crippen LogP contribution in [0.15, 0.2) is 42.9 Å². The van der Waals surface area contributed by atoms with Gasteiger partial charge in [-0.25, -0.2) is 0 Å². The van der Waals surface area contributed by atoms with Gasteiger partial charge >= 0.3 is 0 Å². The van der Waals surface area contributed by atoms with E-state index in [1.165, 1.54) is 0 Å². The molecule has 4 heteroatoms. The molecule has 0 amide bonds. The van der Waals surface area contributed by atoms with Gasteiger partial charge in [0.05, 0.1) is 6.61 Å². The van der Waals surface area contributed by atoms with Gasteiger partial charge < -0.3 is 10.1 Å². The standard InChI is InChI=1S/C16H21N3O/c1-13(2)19-12-14-11-17-9-6-16(14)20-10-7-15-5-3-4-8-18-15/h3-6,8-9,11,13,19H,7,10,12H2,1-2H3. The lowest BCUT2D eigenvalue weighted by Crippen LogP contribution is -2.22. The van der Waals surface area contributed by atoms with E-state index in [0.717, 1.165) is 30.0 Å². The van der Waals surface area contributed by atoms with E-state index in [-0.39, 0.29) is 0 Å². The Morgan fingerprint density at radius 1 is 1.20 bits per heavy atom.